The average Bonchev–Trinajstić information content (AvgIpc) is 3.18. The van der Waals surface area contributed by atoms with Crippen LogP contribution in [0.2, 0.25) is 0 Å². The van der Waals surface area contributed by atoms with Crippen LogP contribution in [0.15, 0.2) is 18.2 Å². The summed E-state index contributed by atoms with van der Waals surface area (Å²) in [5.74, 6) is 1.45. The highest BCUT2D eigenvalue weighted by atomic mass is 16.5. The van der Waals surface area contributed by atoms with Gasteiger partial charge in [-0.05, 0) is 18.9 Å². The molecule has 94 valence electrons. The quantitative estimate of drug-likeness (QED) is 0.751. The number of rotatable bonds is 7. The summed E-state index contributed by atoms with van der Waals surface area (Å²) in [5, 5.41) is 12.3. The van der Waals surface area contributed by atoms with Gasteiger partial charge in [-0.1, -0.05) is 12.1 Å². The zero-order valence-corrected chi connectivity index (χ0v) is 10.1. The SMILES string of the molecule is COc1cccc(CNC2CC2)c1OCCO. The number of para-hydroxylation sites is 1. The fourth-order valence-electron chi connectivity index (χ4n) is 1.71. The molecule has 2 N–H and O–H groups in total. The Labute approximate surface area is 102 Å². The number of methoxy groups -OCH3 is 1. The number of aliphatic hydroxyl groups is 1. The monoisotopic (exact) mass is 237 g/mol. The van der Waals surface area contributed by atoms with E-state index in [-0.39, 0.29) is 13.2 Å². The number of aliphatic hydroxyl groups excluding tert-OH is 1. The van der Waals surface area contributed by atoms with Crippen molar-refractivity contribution in [2.45, 2.75) is 25.4 Å². The molecule has 0 bridgehead atoms. The van der Waals surface area contributed by atoms with E-state index in [1.54, 1.807) is 7.11 Å². The lowest BCUT2D eigenvalue weighted by Gasteiger charge is -2.14. The predicted molar refractivity (Wildman–Crippen MR) is 65.4 cm³/mol. The third-order valence-electron chi connectivity index (χ3n) is 2.78. The van der Waals surface area contributed by atoms with Crippen LogP contribution in [-0.4, -0.2) is 31.5 Å². The molecule has 0 unspecified atom stereocenters. The summed E-state index contributed by atoms with van der Waals surface area (Å²) in [5.41, 5.74) is 1.07. The molecule has 0 aromatic heterocycles. The lowest BCUT2D eigenvalue weighted by atomic mass is 10.2. The van der Waals surface area contributed by atoms with E-state index in [4.69, 9.17) is 14.6 Å². The molecule has 1 saturated carbocycles. The minimum absolute atomic E-state index is 0.00748. The second-order valence-corrected chi connectivity index (χ2v) is 4.18. The molecule has 1 aromatic carbocycles. The lowest BCUT2D eigenvalue weighted by Crippen LogP contribution is -2.16. The van der Waals surface area contributed by atoms with Crippen molar-refractivity contribution in [3.8, 4) is 11.5 Å². The minimum Gasteiger partial charge on any atom is -0.493 e. The Hall–Kier alpha value is -1.26. The molecular weight excluding hydrogens is 218 g/mol. The molecule has 0 radical (unpaired) electrons. The molecule has 17 heavy (non-hydrogen) atoms. The van der Waals surface area contributed by atoms with Crippen LogP contribution in [0.25, 0.3) is 0 Å². The Morgan fingerprint density at radius 2 is 2.24 bits per heavy atom. The predicted octanol–water partition coefficient (Wildman–Crippen LogP) is 1.32. The third-order valence-corrected chi connectivity index (χ3v) is 2.78. The van der Waals surface area contributed by atoms with Gasteiger partial charge in [-0.25, -0.2) is 0 Å². The summed E-state index contributed by atoms with van der Waals surface area (Å²) in [6.45, 7) is 1.08. The van der Waals surface area contributed by atoms with E-state index in [1.165, 1.54) is 12.8 Å². The van der Waals surface area contributed by atoms with Gasteiger partial charge in [0.05, 0.1) is 13.7 Å². The average molecular weight is 237 g/mol. The van der Waals surface area contributed by atoms with Crippen molar-refractivity contribution in [1.29, 1.82) is 0 Å². The van der Waals surface area contributed by atoms with Gasteiger partial charge < -0.3 is 19.9 Å². The summed E-state index contributed by atoms with van der Waals surface area (Å²) in [6, 6.07) is 6.50. The Balaban J connectivity index is 2.09. The van der Waals surface area contributed by atoms with Gasteiger partial charge in [-0.3, -0.25) is 0 Å². The molecule has 0 saturated heterocycles. The Kier molecular flexibility index (Phi) is 4.23. The fourth-order valence-corrected chi connectivity index (χ4v) is 1.71. The minimum atomic E-state index is 0.00748. The molecule has 1 fully saturated rings. The van der Waals surface area contributed by atoms with Crippen molar-refractivity contribution in [3.63, 3.8) is 0 Å². The molecule has 2 rings (SSSR count). The summed E-state index contributed by atoms with van der Waals surface area (Å²) >= 11 is 0. The second kappa shape index (κ2) is 5.89. The largest absolute Gasteiger partial charge is 0.493 e. The zero-order chi connectivity index (χ0) is 12.1. The van der Waals surface area contributed by atoms with Crippen molar-refractivity contribution in [1.82, 2.24) is 5.32 Å². The first-order valence-corrected chi connectivity index (χ1v) is 5.98. The van der Waals surface area contributed by atoms with Gasteiger partial charge in [-0.15, -0.1) is 0 Å². The second-order valence-electron chi connectivity index (χ2n) is 4.18. The highest BCUT2D eigenvalue weighted by Gasteiger charge is 2.21. The molecule has 4 nitrogen and oxygen atoms in total. The Bertz CT molecular complexity index is 364. The van der Waals surface area contributed by atoms with Gasteiger partial charge in [0.15, 0.2) is 11.5 Å². The first-order valence-electron chi connectivity index (χ1n) is 5.98. The van der Waals surface area contributed by atoms with Crippen LogP contribution in [-0.2, 0) is 6.54 Å². The lowest BCUT2D eigenvalue weighted by molar-refractivity contribution is 0.195. The molecule has 1 aliphatic carbocycles. The summed E-state index contributed by atoms with van der Waals surface area (Å²) in [4.78, 5) is 0. The Morgan fingerprint density at radius 3 is 2.88 bits per heavy atom. The van der Waals surface area contributed by atoms with Gasteiger partial charge in [0.2, 0.25) is 0 Å². The zero-order valence-electron chi connectivity index (χ0n) is 10.1. The van der Waals surface area contributed by atoms with Gasteiger partial charge >= 0.3 is 0 Å². The first kappa shape index (κ1) is 12.2. The van der Waals surface area contributed by atoms with E-state index in [9.17, 15) is 0 Å². The highest BCUT2D eigenvalue weighted by molar-refractivity contribution is 5.46. The summed E-state index contributed by atoms with van der Waals surface area (Å²) < 4.78 is 10.8. The molecule has 0 aliphatic heterocycles. The Morgan fingerprint density at radius 1 is 1.41 bits per heavy atom. The van der Waals surface area contributed by atoms with Crippen molar-refractivity contribution in [2.24, 2.45) is 0 Å². The summed E-state index contributed by atoms with van der Waals surface area (Å²) in [6.07, 6.45) is 2.52. The van der Waals surface area contributed by atoms with E-state index in [1.807, 2.05) is 18.2 Å². The maximum Gasteiger partial charge on any atom is 0.165 e. The van der Waals surface area contributed by atoms with Gasteiger partial charge in [0, 0.05) is 18.2 Å². The molecule has 1 aliphatic rings. The van der Waals surface area contributed by atoms with Crippen LogP contribution in [0.4, 0.5) is 0 Å². The number of hydrogen-bond acceptors (Lipinski definition) is 4. The van der Waals surface area contributed by atoms with Crippen LogP contribution < -0.4 is 14.8 Å². The summed E-state index contributed by atoms with van der Waals surface area (Å²) in [7, 11) is 1.62. The number of nitrogens with one attached hydrogen (secondary N) is 1. The maximum absolute atomic E-state index is 8.83. The van der Waals surface area contributed by atoms with Gasteiger partial charge in [0.25, 0.3) is 0 Å². The van der Waals surface area contributed by atoms with Crippen molar-refractivity contribution < 1.29 is 14.6 Å². The fraction of sp³-hybridized carbons (Fsp3) is 0.538. The molecule has 0 amide bonds. The molecule has 4 heteroatoms. The number of hydrogen-bond donors (Lipinski definition) is 2. The van der Waals surface area contributed by atoms with Crippen molar-refractivity contribution in [2.75, 3.05) is 20.3 Å². The van der Waals surface area contributed by atoms with Crippen LogP contribution in [0.1, 0.15) is 18.4 Å². The standard InChI is InChI=1S/C13H19NO3/c1-16-12-4-2-3-10(9-14-11-5-6-11)13(12)17-8-7-15/h2-4,11,14-15H,5-9H2,1H3. The number of benzene rings is 1. The van der Waals surface area contributed by atoms with E-state index in [0.717, 1.165) is 17.9 Å². The number of ether oxygens (including phenoxy) is 2. The first-order chi connectivity index (χ1) is 8.35. The molecular formula is C13H19NO3. The van der Waals surface area contributed by atoms with Crippen molar-refractivity contribution >= 4 is 0 Å². The van der Waals surface area contributed by atoms with Crippen LogP contribution in [0.3, 0.4) is 0 Å². The van der Waals surface area contributed by atoms with Gasteiger partial charge in [0.1, 0.15) is 6.61 Å². The highest BCUT2D eigenvalue weighted by Crippen LogP contribution is 2.31. The topological polar surface area (TPSA) is 50.7 Å². The van der Waals surface area contributed by atoms with Crippen LogP contribution in [0, 0.1) is 0 Å². The van der Waals surface area contributed by atoms with Crippen molar-refractivity contribution in [3.05, 3.63) is 23.8 Å². The molecule has 0 atom stereocenters. The van der Waals surface area contributed by atoms with Crippen LogP contribution >= 0.6 is 0 Å². The van der Waals surface area contributed by atoms with E-state index < -0.39 is 0 Å². The smallest absolute Gasteiger partial charge is 0.165 e. The van der Waals surface area contributed by atoms with E-state index in [2.05, 4.69) is 5.32 Å². The third kappa shape index (κ3) is 3.35. The maximum atomic E-state index is 8.83. The van der Waals surface area contributed by atoms with Crippen LogP contribution in [0.5, 0.6) is 11.5 Å². The molecule has 0 heterocycles. The molecule has 0 spiro atoms. The van der Waals surface area contributed by atoms with Gasteiger partial charge in [-0.2, -0.15) is 0 Å². The van der Waals surface area contributed by atoms with E-state index in [0.29, 0.717) is 11.8 Å². The molecule has 1 aromatic rings. The van der Waals surface area contributed by atoms with E-state index >= 15 is 0 Å². The normalized spacial score (nSPS) is 14.7.